The molecular formula is C16H24N2O2. The second-order valence-corrected chi connectivity index (χ2v) is 5.88. The van der Waals surface area contributed by atoms with Gasteiger partial charge < -0.3 is 15.8 Å². The highest BCUT2D eigenvalue weighted by Gasteiger charge is 2.44. The lowest BCUT2D eigenvalue weighted by molar-refractivity contribution is -0.121. The molecule has 1 fully saturated rings. The average molecular weight is 276 g/mol. The van der Waals surface area contributed by atoms with Gasteiger partial charge in [0, 0.05) is 11.8 Å². The van der Waals surface area contributed by atoms with E-state index < -0.39 is 5.54 Å². The first kappa shape index (κ1) is 14.9. The van der Waals surface area contributed by atoms with E-state index in [4.69, 9.17) is 10.5 Å². The Morgan fingerprint density at radius 2 is 2.25 bits per heavy atom. The van der Waals surface area contributed by atoms with Gasteiger partial charge in [0.2, 0.25) is 5.91 Å². The molecule has 0 heterocycles. The molecule has 4 heteroatoms. The van der Waals surface area contributed by atoms with Crippen molar-refractivity contribution in [1.82, 2.24) is 0 Å². The molecule has 0 aliphatic heterocycles. The number of nitrogens with one attached hydrogen (secondary N) is 1. The molecule has 2 rings (SSSR count). The van der Waals surface area contributed by atoms with Gasteiger partial charge in [-0.1, -0.05) is 13.0 Å². The third kappa shape index (κ3) is 3.51. The Morgan fingerprint density at radius 3 is 2.85 bits per heavy atom. The van der Waals surface area contributed by atoms with Crippen LogP contribution in [0.3, 0.4) is 0 Å². The van der Waals surface area contributed by atoms with Crippen molar-refractivity contribution in [3.05, 3.63) is 24.3 Å². The summed E-state index contributed by atoms with van der Waals surface area (Å²) in [4.78, 5) is 12.2. The van der Waals surface area contributed by atoms with Gasteiger partial charge in [0.05, 0.1) is 11.6 Å². The maximum Gasteiger partial charge on any atom is 0.244 e. The van der Waals surface area contributed by atoms with E-state index in [-0.39, 0.29) is 12.0 Å². The third-order valence-electron chi connectivity index (χ3n) is 3.92. The summed E-state index contributed by atoms with van der Waals surface area (Å²) >= 11 is 0. The molecular weight excluding hydrogens is 252 g/mol. The number of ether oxygens (including phenoxy) is 1. The molecule has 0 aromatic heterocycles. The predicted octanol–water partition coefficient (Wildman–Crippen LogP) is 2.93. The smallest absolute Gasteiger partial charge is 0.244 e. The molecule has 1 aromatic rings. The maximum absolute atomic E-state index is 12.2. The second kappa shape index (κ2) is 5.83. The van der Waals surface area contributed by atoms with Gasteiger partial charge in [0.15, 0.2) is 0 Å². The van der Waals surface area contributed by atoms with Crippen LogP contribution in [0.2, 0.25) is 0 Å². The van der Waals surface area contributed by atoms with Gasteiger partial charge in [-0.2, -0.15) is 0 Å². The summed E-state index contributed by atoms with van der Waals surface area (Å²) in [5.41, 5.74) is 6.06. The van der Waals surface area contributed by atoms with E-state index in [0.717, 1.165) is 30.7 Å². The Kier molecular flexibility index (Phi) is 4.33. The average Bonchev–Trinajstić information content (AvgIpc) is 3.23. The first-order chi connectivity index (χ1) is 9.43. The lowest BCUT2D eigenvalue weighted by Gasteiger charge is -2.23. The summed E-state index contributed by atoms with van der Waals surface area (Å²) in [6.07, 6.45) is 3.18. The number of hydrogen-bond acceptors (Lipinski definition) is 3. The van der Waals surface area contributed by atoms with Crippen LogP contribution in [0.4, 0.5) is 5.69 Å². The van der Waals surface area contributed by atoms with Crippen molar-refractivity contribution < 1.29 is 9.53 Å². The van der Waals surface area contributed by atoms with E-state index >= 15 is 0 Å². The molecule has 0 radical (unpaired) electrons. The number of hydrogen-bond donors (Lipinski definition) is 2. The van der Waals surface area contributed by atoms with E-state index in [1.54, 1.807) is 6.92 Å². The number of anilines is 1. The monoisotopic (exact) mass is 276 g/mol. The highest BCUT2D eigenvalue weighted by atomic mass is 16.5. The topological polar surface area (TPSA) is 64.3 Å². The minimum atomic E-state index is -0.784. The molecule has 110 valence electrons. The number of rotatable bonds is 6. The van der Waals surface area contributed by atoms with Crippen molar-refractivity contribution in [2.24, 2.45) is 11.7 Å². The standard InChI is InChI=1S/C16H24N2O2/c1-4-11(2)20-14-7-5-6-13(10-14)18-15(19)16(3,17)12-8-9-12/h5-7,10-12H,4,8-9,17H2,1-3H3,(H,18,19). The fourth-order valence-corrected chi connectivity index (χ4v) is 2.10. The minimum Gasteiger partial charge on any atom is -0.491 e. The van der Waals surface area contributed by atoms with E-state index in [2.05, 4.69) is 12.2 Å². The molecule has 1 saturated carbocycles. The van der Waals surface area contributed by atoms with Crippen LogP contribution >= 0.6 is 0 Å². The minimum absolute atomic E-state index is 0.124. The Hall–Kier alpha value is -1.55. The number of nitrogens with two attached hydrogens (primary N) is 1. The SMILES string of the molecule is CCC(C)Oc1cccc(NC(=O)C(C)(N)C2CC2)c1. The molecule has 1 aliphatic rings. The molecule has 0 saturated heterocycles. The van der Waals surface area contributed by atoms with Crippen LogP contribution in [0.25, 0.3) is 0 Å². The zero-order valence-corrected chi connectivity index (χ0v) is 12.5. The normalized spacial score (nSPS) is 19.0. The van der Waals surface area contributed by atoms with Crippen LogP contribution < -0.4 is 15.8 Å². The van der Waals surface area contributed by atoms with Gasteiger partial charge in [0.1, 0.15) is 5.75 Å². The summed E-state index contributed by atoms with van der Waals surface area (Å²) in [6.45, 7) is 5.90. The van der Waals surface area contributed by atoms with Crippen molar-refractivity contribution in [1.29, 1.82) is 0 Å². The lowest BCUT2D eigenvalue weighted by Crippen LogP contribution is -2.50. The fourth-order valence-electron chi connectivity index (χ4n) is 2.10. The Labute approximate surface area is 120 Å². The van der Waals surface area contributed by atoms with E-state index in [1.807, 2.05) is 31.2 Å². The summed E-state index contributed by atoms with van der Waals surface area (Å²) in [7, 11) is 0. The van der Waals surface area contributed by atoms with Gasteiger partial charge in [0.25, 0.3) is 0 Å². The largest absolute Gasteiger partial charge is 0.491 e. The first-order valence-electron chi connectivity index (χ1n) is 7.30. The zero-order valence-electron chi connectivity index (χ0n) is 12.5. The number of benzene rings is 1. The molecule has 20 heavy (non-hydrogen) atoms. The summed E-state index contributed by atoms with van der Waals surface area (Å²) < 4.78 is 5.75. The first-order valence-corrected chi connectivity index (χ1v) is 7.30. The highest BCUT2D eigenvalue weighted by molar-refractivity contribution is 5.98. The van der Waals surface area contributed by atoms with Crippen LogP contribution in [0.15, 0.2) is 24.3 Å². The highest BCUT2D eigenvalue weighted by Crippen LogP contribution is 2.38. The number of carbonyl (C=O) groups excluding carboxylic acids is 1. The predicted molar refractivity (Wildman–Crippen MR) is 80.8 cm³/mol. The van der Waals surface area contributed by atoms with Crippen LogP contribution in [0.1, 0.15) is 40.0 Å². The Bertz CT molecular complexity index is 481. The molecule has 1 amide bonds. The number of carbonyl (C=O) groups is 1. The van der Waals surface area contributed by atoms with Crippen LogP contribution in [-0.4, -0.2) is 17.6 Å². The van der Waals surface area contributed by atoms with E-state index in [0.29, 0.717) is 5.92 Å². The molecule has 0 spiro atoms. The van der Waals surface area contributed by atoms with Gasteiger partial charge in [-0.25, -0.2) is 0 Å². The van der Waals surface area contributed by atoms with E-state index in [1.165, 1.54) is 0 Å². The van der Waals surface area contributed by atoms with Crippen molar-refractivity contribution in [3.63, 3.8) is 0 Å². The quantitative estimate of drug-likeness (QED) is 0.839. The third-order valence-corrected chi connectivity index (χ3v) is 3.92. The van der Waals surface area contributed by atoms with Crippen LogP contribution in [-0.2, 0) is 4.79 Å². The van der Waals surface area contributed by atoms with Crippen LogP contribution in [0.5, 0.6) is 5.75 Å². The molecule has 3 N–H and O–H groups in total. The van der Waals surface area contributed by atoms with Crippen molar-refractivity contribution in [2.45, 2.75) is 51.7 Å². The molecule has 2 atom stereocenters. The van der Waals surface area contributed by atoms with Gasteiger partial charge in [-0.15, -0.1) is 0 Å². The van der Waals surface area contributed by atoms with Crippen molar-refractivity contribution >= 4 is 11.6 Å². The van der Waals surface area contributed by atoms with E-state index in [9.17, 15) is 4.79 Å². The lowest BCUT2D eigenvalue weighted by atomic mass is 9.96. The Morgan fingerprint density at radius 1 is 1.55 bits per heavy atom. The molecule has 1 aliphatic carbocycles. The van der Waals surface area contributed by atoms with Gasteiger partial charge in [-0.3, -0.25) is 4.79 Å². The molecule has 1 aromatic carbocycles. The number of amides is 1. The Balaban J connectivity index is 2.02. The fraction of sp³-hybridized carbons (Fsp3) is 0.562. The van der Waals surface area contributed by atoms with Crippen molar-refractivity contribution in [2.75, 3.05) is 5.32 Å². The summed E-state index contributed by atoms with van der Waals surface area (Å²) in [6, 6.07) is 7.46. The molecule has 0 bridgehead atoms. The van der Waals surface area contributed by atoms with Crippen molar-refractivity contribution in [3.8, 4) is 5.75 Å². The summed E-state index contributed by atoms with van der Waals surface area (Å²) in [5, 5.41) is 2.89. The zero-order chi connectivity index (χ0) is 14.8. The molecule has 4 nitrogen and oxygen atoms in total. The molecule has 2 unspecified atom stereocenters. The summed E-state index contributed by atoms with van der Waals surface area (Å²) in [5.74, 6) is 0.949. The maximum atomic E-state index is 12.2. The van der Waals surface area contributed by atoms with Gasteiger partial charge >= 0.3 is 0 Å². The second-order valence-electron chi connectivity index (χ2n) is 5.88. The van der Waals surface area contributed by atoms with Crippen LogP contribution in [0, 0.1) is 5.92 Å². The van der Waals surface area contributed by atoms with Gasteiger partial charge in [-0.05, 0) is 51.2 Å².